The molecule has 0 aliphatic carbocycles. The Morgan fingerprint density at radius 3 is 2.54 bits per heavy atom. The number of halogens is 1. The number of aromatic nitrogens is 4. The van der Waals surface area contributed by atoms with E-state index in [1.54, 1.807) is 24.3 Å². The van der Waals surface area contributed by atoms with E-state index in [1.807, 2.05) is 31.2 Å². The van der Waals surface area contributed by atoms with Gasteiger partial charge < -0.3 is 4.74 Å². The van der Waals surface area contributed by atoms with Gasteiger partial charge in [-0.15, -0.1) is 10.2 Å². The Bertz CT molecular complexity index is 829. The summed E-state index contributed by atoms with van der Waals surface area (Å²) in [6.07, 6.45) is 0. The van der Waals surface area contributed by atoms with Crippen LogP contribution in [0.3, 0.4) is 0 Å². The molecule has 0 unspecified atom stereocenters. The summed E-state index contributed by atoms with van der Waals surface area (Å²) in [7, 11) is 0. The molecule has 1 aromatic heterocycles. The molecular weight excluding hydrogens is 328 g/mol. The van der Waals surface area contributed by atoms with E-state index in [0.717, 1.165) is 16.7 Å². The number of tetrazole rings is 1. The van der Waals surface area contributed by atoms with E-state index in [4.69, 9.17) is 16.3 Å². The van der Waals surface area contributed by atoms with Crippen LogP contribution < -0.4 is 0 Å². The van der Waals surface area contributed by atoms with Crippen molar-refractivity contribution in [1.82, 2.24) is 20.2 Å². The van der Waals surface area contributed by atoms with Gasteiger partial charge in [0.25, 0.3) is 0 Å². The average molecular weight is 343 g/mol. The number of aryl methyl sites for hydroxylation is 1. The highest BCUT2D eigenvalue weighted by Crippen LogP contribution is 2.16. The van der Waals surface area contributed by atoms with Crippen LogP contribution in [0.25, 0.3) is 11.4 Å². The van der Waals surface area contributed by atoms with Gasteiger partial charge in [-0.1, -0.05) is 41.4 Å². The lowest BCUT2D eigenvalue weighted by atomic mass is 10.2. The lowest BCUT2D eigenvalue weighted by molar-refractivity contribution is -0.146. The maximum atomic E-state index is 11.9. The molecule has 0 saturated heterocycles. The fourth-order valence-electron chi connectivity index (χ4n) is 2.03. The Morgan fingerprint density at radius 1 is 1.12 bits per heavy atom. The zero-order valence-electron chi connectivity index (χ0n) is 13.0. The fraction of sp³-hybridized carbons (Fsp3) is 0.176. The van der Waals surface area contributed by atoms with Crippen molar-refractivity contribution in [1.29, 1.82) is 0 Å². The molecule has 2 aromatic carbocycles. The summed E-state index contributed by atoms with van der Waals surface area (Å²) in [6.45, 7) is 2.13. The van der Waals surface area contributed by atoms with Crippen molar-refractivity contribution >= 4 is 17.6 Å². The quantitative estimate of drug-likeness (QED) is 0.666. The highest BCUT2D eigenvalue weighted by atomic mass is 35.5. The summed E-state index contributed by atoms with van der Waals surface area (Å²) in [6, 6.07) is 14.9. The van der Waals surface area contributed by atoms with Gasteiger partial charge in [0.2, 0.25) is 5.82 Å². The van der Waals surface area contributed by atoms with Gasteiger partial charge in [-0.3, -0.25) is 0 Å². The number of benzene rings is 2. The normalized spacial score (nSPS) is 10.6. The molecule has 7 heteroatoms. The van der Waals surface area contributed by atoms with Crippen LogP contribution in [0.15, 0.2) is 48.5 Å². The molecule has 1 heterocycles. The molecule has 0 saturated carbocycles. The number of rotatable bonds is 5. The Hall–Kier alpha value is -2.73. The zero-order chi connectivity index (χ0) is 16.9. The van der Waals surface area contributed by atoms with Crippen molar-refractivity contribution in [2.24, 2.45) is 0 Å². The third-order valence-electron chi connectivity index (χ3n) is 3.35. The first kappa shape index (κ1) is 16.1. The minimum Gasteiger partial charge on any atom is -0.459 e. The van der Waals surface area contributed by atoms with Crippen molar-refractivity contribution in [3.8, 4) is 11.4 Å². The van der Waals surface area contributed by atoms with E-state index in [1.165, 1.54) is 4.80 Å². The van der Waals surface area contributed by atoms with Crippen LogP contribution in [0.2, 0.25) is 5.02 Å². The van der Waals surface area contributed by atoms with Gasteiger partial charge in [-0.25, -0.2) is 4.79 Å². The predicted octanol–water partition coefficient (Wildman–Crippen LogP) is 3.05. The number of esters is 1. The van der Waals surface area contributed by atoms with Crippen LogP contribution in [0.4, 0.5) is 0 Å². The Kier molecular flexibility index (Phi) is 4.86. The topological polar surface area (TPSA) is 69.9 Å². The van der Waals surface area contributed by atoms with Gasteiger partial charge in [0.15, 0.2) is 6.54 Å². The number of nitrogens with zero attached hydrogens (tertiary/aromatic N) is 4. The second-order valence-corrected chi connectivity index (χ2v) is 5.73. The van der Waals surface area contributed by atoms with E-state index in [9.17, 15) is 4.79 Å². The van der Waals surface area contributed by atoms with Gasteiger partial charge in [0, 0.05) is 10.6 Å². The Balaban J connectivity index is 1.57. The third kappa shape index (κ3) is 4.17. The number of carbonyl (C=O) groups is 1. The molecule has 0 amide bonds. The SMILES string of the molecule is Cc1ccc(COC(=O)Cn2nnc(-c3ccc(Cl)cc3)n2)cc1. The van der Waals surface area contributed by atoms with E-state index in [-0.39, 0.29) is 13.2 Å². The summed E-state index contributed by atoms with van der Waals surface area (Å²) in [5.41, 5.74) is 2.87. The van der Waals surface area contributed by atoms with Gasteiger partial charge in [0.1, 0.15) is 6.61 Å². The van der Waals surface area contributed by atoms with Gasteiger partial charge in [-0.05, 0) is 42.0 Å². The van der Waals surface area contributed by atoms with Gasteiger partial charge in [0.05, 0.1) is 0 Å². The molecule has 0 aliphatic rings. The Labute approximate surface area is 144 Å². The summed E-state index contributed by atoms with van der Waals surface area (Å²) in [4.78, 5) is 13.1. The number of hydrogen-bond acceptors (Lipinski definition) is 5. The summed E-state index contributed by atoms with van der Waals surface area (Å²) >= 11 is 5.84. The van der Waals surface area contributed by atoms with Crippen LogP contribution in [-0.4, -0.2) is 26.2 Å². The largest absolute Gasteiger partial charge is 0.459 e. The first-order valence-electron chi connectivity index (χ1n) is 7.35. The lowest BCUT2D eigenvalue weighted by Crippen LogP contribution is -2.15. The molecule has 3 aromatic rings. The molecular formula is C17H15ClN4O2. The van der Waals surface area contributed by atoms with E-state index < -0.39 is 5.97 Å². The number of carbonyl (C=O) groups excluding carboxylic acids is 1. The predicted molar refractivity (Wildman–Crippen MR) is 89.2 cm³/mol. The van der Waals surface area contributed by atoms with Gasteiger partial charge in [-0.2, -0.15) is 4.80 Å². The standard InChI is InChI=1S/C17H15ClN4O2/c1-12-2-4-13(5-3-12)11-24-16(23)10-22-20-17(19-21-22)14-6-8-15(18)9-7-14/h2-9H,10-11H2,1H3. The van der Waals surface area contributed by atoms with Gasteiger partial charge >= 0.3 is 5.97 Å². The zero-order valence-corrected chi connectivity index (χ0v) is 13.8. The maximum absolute atomic E-state index is 11.9. The van der Waals surface area contributed by atoms with Crippen molar-refractivity contribution in [2.75, 3.05) is 0 Å². The molecule has 0 fully saturated rings. The van der Waals surface area contributed by atoms with Crippen LogP contribution in [0.1, 0.15) is 11.1 Å². The molecule has 0 aliphatic heterocycles. The van der Waals surface area contributed by atoms with E-state index in [2.05, 4.69) is 15.4 Å². The number of ether oxygens (including phenoxy) is 1. The van der Waals surface area contributed by atoms with Crippen LogP contribution in [0.5, 0.6) is 0 Å². The number of hydrogen-bond donors (Lipinski definition) is 0. The van der Waals surface area contributed by atoms with Crippen molar-refractivity contribution in [3.63, 3.8) is 0 Å². The molecule has 6 nitrogen and oxygen atoms in total. The third-order valence-corrected chi connectivity index (χ3v) is 3.60. The van der Waals surface area contributed by atoms with Crippen LogP contribution in [0, 0.1) is 6.92 Å². The van der Waals surface area contributed by atoms with Crippen LogP contribution >= 0.6 is 11.6 Å². The van der Waals surface area contributed by atoms with Crippen molar-refractivity contribution in [3.05, 3.63) is 64.7 Å². The maximum Gasteiger partial charge on any atom is 0.330 e. The monoisotopic (exact) mass is 342 g/mol. The van der Waals surface area contributed by atoms with E-state index in [0.29, 0.717) is 10.8 Å². The fourth-order valence-corrected chi connectivity index (χ4v) is 2.16. The first-order valence-corrected chi connectivity index (χ1v) is 7.73. The second-order valence-electron chi connectivity index (χ2n) is 5.30. The highest BCUT2D eigenvalue weighted by molar-refractivity contribution is 6.30. The minimum atomic E-state index is -0.421. The summed E-state index contributed by atoms with van der Waals surface area (Å²) in [5.74, 6) is 0.00799. The minimum absolute atomic E-state index is 0.0908. The van der Waals surface area contributed by atoms with Crippen LogP contribution in [-0.2, 0) is 22.7 Å². The molecule has 24 heavy (non-hydrogen) atoms. The smallest absolute Gasteiger partial charge is 0.330 e. The molecule has 0 N–H and O–H groups in total. The summed E-state index contributed by atoms with van der Waals surface area (Å²) in [5, 5.41) is 12.6. The van der Waals surface area contributed by atoms with Crippen molar-refractivity contribution in [2.45, 2.75) is 20.1 Å². The lowest BCUT2D eigenvalue weighted by Gasteiger charge is -2.04. The Morgan fingerprint density at radius 2 is 1.83 bits per heavy atom. The molecule has 0 radical (unpaired) electrons. The van der Waals surface area contributed by atoms with E-state index >= 15 is 0 Å². The molecule has 0 atom stereocenters. The molecule has 0 bridgehead atoms. The molecule has 122 valence electrons. The molecule has 0 spiro atoms. The van der Waals surface area contributed by atoms with Crippen molar-refractivity contribution < 1.29 is 9.53 Å². The average Bonchev–Trinajstić information content (AvgIpc) is 3.03. The first-order chi connectivity index (χ1) is 11.6. The second kappa shape index (κ2) is 7.23. The summed E-state index contributed by atoms with van der Waals surface area (Å²) < 4.78 is 5.22. The molecule has 3 rings (SSSR count). The highest BCUT2D eigenvalue weighted by Gasteiger charge is 2.10.